The number of amides is 2. The summed E-state index contributed by atoms with van der Waals surface area (Å²) in [5.41, 5.74) is 4.52. The first-order valence-electron chi connectivity index (χ1n) is 5.66. The summed E-state index contributed by atoms with van der Waals surface area (Å²) in [6.45, 7) is 2.91. The van der Waals surface area contributed by atoms with E-state index in [2.05, 4.69) is 21.2 Å². The monoisotopic (exact) mass is 269 g/mol. The molecule has 0 spiro atoms. The third-order valence-corrected chi connectivity index (χ3v) is 2.20. The summed E-state index contributed by atoms with van der Waals surface area (Å²) in [4.78, 5) is 33.1. The molecule has 9 heteroatoms. The maximum atomic E-state index is 11.5. The Kier molecular flexibility index (Phi) is 4.98. The number of aromatic nitrogens is 3. The van der Waals surface area contributed by atoms with Crippen LogP contribution in [0.25, 0.3) is 0 Å². The SMILES string of the molecule is CCCc1c(C(=O)O)nnn1CC(=O)NNC(C)=O. The first-order chi connectivity index (χ1) is 8.95. The smallest absolute Gasteiger partial charge is 0.358 e. The molecule has 1 aromatic heterocycles. The molecule has 0 saturated heterocycles. The fourth-order valence-electron chi connectivity index (χ4n) is 1.44. The summed E-state index contributed by atoms with van der Waals surface area (Å²) in [5, 5.41) is 16.1. The Morgan fingerprint density at radius 2 is 2.00 bits per heavy atom. The predicted molar refractivity (Wildman–Crippen MR) is 62.9 cm³/mol. The zero-order valence-electron chi connectivity index (χ0n) is 10.6. The van der Waals surface area contributed by atoms with E-state index < -0.39 is 17.8 Å². The van der Waals surface area contributed by atoms with E-state index in [1.807, 2.05) is 6.92 Å². The fraction of sp³-hybridized carbons (Fsp3) is 0.500. The number of hydrogen-bond acceptors (Lipinski definition) is 5. The van der Waals surface area contributed by atoms with E-state index in [1.54, 1.807) is 0 Å². The van der Waals surface area contributed by atoms with Gasteiger partial charge in [-0.25, -0.2) is 9.48 Å². The van der Waals surface area contributed by atoms with Gasteiger partial charge in [-0.05, 0) is 6.42 Å². The first kappa shape index (κ1) is 14.6. The van der Waals surface area contributed by atoms with E-state index in [-0.39, 0.29) is 12.2 Å². The zero-order valence-corrected chi connectivity index (χ0v) is 10.6. The van der Waals surface area contributed by atoms with Gasteiger partial charge in [0, 0.05) is 6.92 Å². The van der Waals surface area contributed by atoms with Gasteiger partial charge in [0.1, 0.15) is 6.54 Å². The van der Waals surface area contributed by atoms with Crippen LogP contribution in [-0.2, 0) is 22.6 Å². The molecule has 1 heterocycles. The lowest BCUT2D eigenvalue weighted by molar-refractivity contribution is -0.128. The summed E-state index contributed by atoms with van der Waals surface area (Å²) in [6, 6.07) is 0. The molecule has 0 radical (unpaired) electrons. The molecule has 2 amide bonds. The summed E-state index contributed by atoms with van der Waals surface area (Å²) < 4.78 is 1.21. The third kappa shape index (κ3) is 4.05. The molecular weight excluding hydrogens is 254 g/mol. The molecule has 3 N–H and O–H groups in total. The van der Waals surface area contributed by atoms with Crippen LogP contribution in [0.5, 0.6) is 0 Å². The highest BCUT2D eigenvalue weighted by Crippen LogP contribution is 2.08. The highest BCUT2D eigenvalue weighted by molar-refractivity contribution is 5.86. The van der Waals surface area contributed by atoms with E-state index in [1.165, 1.54) is 11.6 Å². The van der Waals surface area contributed by atoms with Gasteiger partial charge in [-0.2, -0.15) is 0 Å². The van der Waals surface area contributed by atoms with E-state index in [4.69, 9.17) is 5.11 Å². The Morgan fingerprint density at radius 3 is 2.53 bits per heavy atom. The van der Waals surface area contributed by atoms with Gasteiger partial charge in [0.05, 0.1) is 5.69 Å². The number of nitrogens with zero attached hydrogens (tertiary/aromatic N) is 3. The molecule has 0 saturated carbocycles. The minimum Gasteiger partial charge on any atom is -0.476 e. The largest absolute Gasteiger partial charge is 0.476 e. The molecular formula is C10H15N5O4. The molecule has 0 aliphatic rings. The number of aromatic carboxylic acids is 1. The van der Waals surface area contributed by atoms with Crippen LogP contribution in [0, 0.1) is 0 Å². The summed E-state index contributed by atoms with van der Waals surface area (Å²) >= 11 is 0. The molecule has 0 bridgehead atoms. The lowest BCUT2D eigenvalue weighted by Crippen LogP contribution is -2.42. The molecule has 104 valence electrons. The third-order valence-electron chi connectivity index (χ3n) is 2.20. The van der Waals surface area contributed by atoms with Crippen molar-refractivity contribution in [3.05, 3.63) is 11.4 Å². The van der Waals surface area contributed by atoms with Gasteiger partial charge in [-0.1, -0.05) is 18.6 Å². The quantitative estimate of drug-likeness (QED) is 0.594. The lowest BCUT2D eigenvalue weighted by Gasteiger charge is -2.07. The number of carbonyl (C=O) groups excluding carboxylic acids is 2. The minimum absolute atomic E-state index is 0.158. The topological polar surface area (TPSA) is 126 Å². The molecule has 0 atom stereocenters. The Balaban J connectivity index is 2.80. The minimum atomic E-state index is -1.18. The summed E-state index contributed by atoms with van der Waals surface area (Å²) in [7, 11) is 0. The summed E-state index contributed by atoms with van der Waals surface area (Å²) in [5.74, 6) is -2.11. The van der Waals surface area contributed by atoms with Crippen molar-refractivity contribution in [2.45, 2.75) is 33.2 Å². The Hall–Kier alpha value is -2.45. The van der Waals surface area contributed by atoms with E-state index in [9.17, 15) is 14.4 Å². The van der Waals surface area contributed by atoms with Crippen molar-refractivity contribution in [3.8, 4) is 0 Å². The Morgan fingerprint density at radius 1 is 1.32 bits per heavy atom. The Labute approximate surface area is 108 Å². The van der Waals surface area contributed by atoms with Gasteiger partial charge in [0.25, 0.3) is 5.91 Å². The molecule has 0 aliphatic heterocycles. The highest BCUT2D eigenvalue weighted by atomic mass is 16.4. The van der Waals surface area contributed by atoms with Crippen LogP contribution in [0.4, 0.5) is 0 Å². The second kappa shape index (κ2) is 6.47. The van der Waals surface area contributed by atoms with E-state index in [0.717, 1.165) is 0 Å². The van der Waals surface area contributed by atoms with Crippen molar-refractivity contribution in [3.63, 3.8) is 0 Å². The molecule has 1 aromatic rings. The zero-order chi connectivity index (χ0) is 14.4. The molecule has 0 aromatic carbocycles. The van der Waals surface area contributed by atoms with Crippen LogP contribution >= 0.6 is 0 Å². The van der Waals surface area contributed by atoms with Gasteiger partial charge in [0.15, 0.2) is 5.69 Å². The maximum absolute atomic E-state index is 11.5. The predicted octanol–water partition coefficient (Wildman–Crippen LogP) is -0.904. The molecule has 1 rings (SSSR count). The summed E-state index contributed by atoms with van der Waals surface area (Å²) in [6.07, 6.45) is 1.14. The number of nitrogens with one attached hydrogen (secondary N) is 2. The van der Waals surface area contributed by atoms with Crippen molar-refractivity contribution < 1.29 is 19.5 Å². The maximum Gasteiger partial charge on any atom is 0.358 e. The van der Waals surface area contributed by atoms with Crippen LogP contribution in [0.2, 0.25) is 0 Å². The van der Waals surface area contributed by atoms with Crippen molar-refractivity contribution >= 4 is 17.8 Å². The molecule has 0 fully saturated rings. The van der Waals surface area contributed by atoms with Gasteiger partial charge >= 0.3 is 5.97 Å². The lowest BCUT2D eigenvalue weighted by atomic mass is 10.2. The number of rotatable bonds is 5. The van der Waals surface area contributed by atoms with Crippen LogP contribution in [0.15, 0.2) is 0 Å². The van der Waals surface area contributed by atoms with E-state index in [0.29, 0.717) is 18.5 Å². The van der Waals surface area contributed by atoms with Gasteiger partial charge in [-0.15, -0.1) is 5.10 Å². The molecule has 0 unspecified atom stereocenters. The standard InChI is InChI=1S/C10H15N5O4/c1-3-4-7-9(10(18)19)13-14-15(7)5-8(17)12-11-6(2)16/h3-5H2,1-2H3,(H,11,16)(H,12,17)(H,18,19). The van der Waals surface area contributed by atoms with Crippen LogP contribution in [0.3, 0.4) is 0 Å². The highest BCUT2D eigenvalue weighted by Gasteiger charge is 2.19. The second-order valence-corrected chi connectivity index (χ2v) is 3.83. The second-order valence-electron chi connectivity index (χ2n) is 3.83. The fourth-order valence-corrected chi connectivity index (χ4v) is 1.44. The number of carboxylic acid groups (broad SMARTS) is 1. The van der Waals surface area contributed by atoms with Crippen LogP contribution in [0.1, 0.15) is 36.5 Å². The van der Waals surface area contributed by atoms with Crippen LogP contribution in [-0.4, -0.2) is 37.9 Å². The number of carboxylic acids is 1. The molecule has 19 heavy (non-hydrogen) atoms. The van der Waals surface area contributed by atoms with Crippen molar-refractivity contribution in [1.29, 1.82) is 0 Å². The normalized spacial score (nSPS) is 10.0. The number of hydrazine groups is 1. The first-order valence-corrected chi connectivity index (χ1v) is 5.66. The number of hydrogen-bond donors (Lipinski definition) is 3. The van der Waals surface area contributed by atoms with Crippen molar-refractivity contribution in [2.24, 2.45) is 0 Å². The van der Waals surface area contributed by atoms with Gasteiger partial charge in [0.2, 0.25) is 5.91 Å². The number of carbonyl (C=O) groups is 3. The molecule has 0 aliphatic carbocycles. The average Bonchev–Trinajstić information content (AvgIpc) is 2.70. The van der Waals surface area contributed by atoms with Crippen molar-refractivity contribution in [2.75, 3.05) is 0 Å². The van der Waals surface area contributed by atoms with E-state index >= 15 is 0 Å². The average molecular weight is 269 g/mol. The van der Waals surface area contributed by atoms with Gasteiger partial charge < -0.3 is 5.11 Å². The Bertz CT molecular complexity index is 496. The van der Waals surface area contributed by atoms with Crippen LogP contribution < -0.4 is 10.9 Å². The molecule has 9 nitrogen and oxygen atoms in total. The van der Waals surface area contributed by atoms with Gasteiger partial charge in [-0.3, -0.25) is 20.4 Å². The van der Waals surface area contributed by atoms with Crippen molar-refractivity contribution in [1.82, 2.24) is 25.8 Å².